The summed E-state index contributed by atoms with van der Waals surface area (Å²) in [6.45, 7) is 4.79. The molecule has 4 rings (SSSR count). The molecule has 0 N–H and O–H groups in total. The number of fused-ring (bicyclic) bond motifs is 2. The summed E-state index contributed by atoms with van der Waals surface area (Å²) >= 11 is 2.16. The predicted octanol–water partition coefficient (Wildman–Crippen LogP) is 5.60. The Morgan fingerprint density at radius 3 is 2.44 bits per heavy atom. The molecule has 0 spiro atoms. The summed E-state index contributed by atoms with van der Waals surface area (Å²) in [5.41, 5.74) is 2.34. The zero-order chi connectivity index (χ0) is 19.3. The molecule has 0 saturated carbocycles. The number of hydrogen-bond donors (Lipinski definition) is 0. The molecule has 136 valence electrons. The van der Waals surface area contributed by atoms with Crippen LogP contribution in [-0.4, -0.2) is 17.5 Å². The minimum Gasteiger partial charge on any atom is -0.451 e. The van der Waals surface area contributed by atoms with Crippen LogP contribution in [0.5, 0.6) is 5.75 Å². The molecule has 1 aliphatic rings. The Balaban J connectivity index is 2.11. The van der Waals surface area contributed by atoms with E-state index in [2.05, 4.69) is 22.6 Å². The molecule has 27 heavy (non-hydrogen) atoms. The minimum atomic E-state index is -1.13. The van der Waals surface area contributed by atoms with E-state index in [9.17, 15) is 9.59 Å². The number of benzene rings is 3. The lowest BCUT2D eigenvalue weighted by Gasteiger charge is -2.34. The van der Waals surface area contributed by atoms with Crippen LogP contribution in [0.3, 0.4) is 0 Å². The summed E-state index contributed by atoms with van der Waals surface area (Å²) < 4.78 is 12.2. The van der Waals surface area contributed by atoms with Crippen molar-refractivity contribution in [1.82, 2.24) is 0 Å². The number of carbonyl (C=O) groups is 2. The van der Waals surface area contributed by atoms with Crippen molar-refractivity contribution in [2.75, 3.05) is 0 Å². The molecule has 1 aliphatic heterocycles. The van der Waals surface area contributed by atoms with Crippen molar-refractivity contribution in [3.63, 3.8) is 0 Å². The van der Waals surface area contributed by atoms with Gasteiger partial charge in [0, 0.05) is 23.0 Å². The summed E-state index contributed by atoms with van der Waals surface area (Å²) in [7, 11) is 0. The summed E-state index contributed by atoms with van der Waals surface area (Å²) in [5, 5.41) is 2.09. The molecular weight excluding hydrogens is 455 g/mol. The van der Waals surface area contributed by atoms with Crippen LogP contribution in [0, 0.1) is 3.57 Å². The Kier molecular flexibility index (Phi) is 4.22. The van der Waals surface area contributed by atoms with E-state index in [1.807, 2.05) is 42.5 Å². The molecule has 4 nitrogen and oxygen atoms in total. The third-order valence-electron chi connectivity index (χ3n) is 4.56. The Morgan fingerprint density at radius 2 is 1.70 bits per heavy atom. The van der Waals surface area contributed by atoms with Crippen LogP contribution in [0.2, 0.25) is 0 Å². The summed E-state index contributed by atoms with van der Waals surface area (Å²) in [6.07, 6.45) is 0. The van der Waals surface area contributed by atoms with Crippen molar-refractivity contribution in [3.05, 3.63) is 63.2 Å². The van der Waals surface area contributed by atoms with Gasteiger partial charge in [-0.25, -0.2) is 4.79 Å². The van der Waals surface area contributed by atoms with Crippen molar-refractivity contribution < 1.29 is 19.1 Å². The van der Waals surface area contributed by atoms with Gasteiger partial charge in [-0.2, -0.15) is 0 Å². The highest BCUT2D eigenvalue weighted by Gasteiger charge is 2.39. The van der Waals surface area contributed by atoms with Crippen LogP contribution in [0.15, 0.2) is 48.5 Å². The number of Topliss-reactive ketones (excluding diaryl/α,β-unsaturated/α-hetero) is 1. The standard InChI is InChI=1S/C22H17IO4/c1-12(24)16-11-17(23)18(19-20(16)26-22(2,3)27-21(19)25)15-10-6-8-13-7-4-5-9-14(13)15/h4-11H,1-3H3. The molecule has 0 atom stereocenters. The number of hydrogen-bond acceptors (Lipinski definition) is 4. The number of ketones is 1. The van der Waals surface area contributed by atoms with Gasteiger partial charge in [0.05, 0.1) is 5.56 Å². The van der Waals surface area contributed by atoms with Gasteiger partial charge in [0.1, 0.15) is 11.3 Å². The highest BCUT2D eigenvalue weighted by atomic mass is 127. The van der Waals surface area contributed by atoms with E-state index in [0.717, 1.165) is 25.5 Å². The van der Waals surface area contributed by atoms with Gasteiger partial charge in [0.2, 0.25) is 5.79 Å². The number of rotatable bonds is 2. The highest BCUT2D eigenvalue weighted by Crippen LogP contribution is 2.44. The summed E-state index contributed by atoms with van der Waals surface area (Å²) in [6, 6.07) is 15.7. The summed E-state index contributed by atoms with van der Waals surface area (Å²) in [4.78, 5) is 25.2. The molecule has 0 radical (unpaired) electrons. The fourth-order valence-electron chi connectivity index (χ4n) is 3.44. The van der Waals surface area contributed by atoms with E-state index in [1.165, 1.54) is 6.92 Å². The average molecular weight is 472 g/mol. The van der Waals surface area contributed by atoms with Gasteiger partial charge < -0.3 is 9.47 Å². The first kappa shape index (κ1) is 18.0. The van der Waals surface area contributed by atoms with E-state index in [-0.39, 0.29) is 5.78 Å². The van der Waals surface area contributed by atoms with Gasteiger partial charge in [0.15, 0.2) is 5.78 Å². The maximum Gasteiger partial charge on any atom is 0.345 e. The smallest absolute Gasteiger partial charge is 0.345 e. The second-order valence-corrected chi connectivity index (χ2v) is 8.12. The van der Waals surface area contributed by atoms with Crippen molar-refractivity contribution in [2.24, 2.45) is 0 Å². The largest absolute Gasteiger partial charge is 0.451 e. The van der Waals surface area contributed by atoms with Gasteiger partial charge >= 0.3 is 5.97 Å². The van der Waals surface area contributed by atoms with Crippen LogP contribution in [-0.2, 0) is 4.74 Å². The first-order valence-corrected chi connectivity index (χ1v) is 9.64. The van der Waals surface area contributed by atoms with E-state index in [1.54, 1.807) is 19.9 Å². The Labute approximate surface area is 170 Å². The molecule has 0 aliphatic carbocycles. The van der Waals surface area contributed by atoms with E-state index in [0.29, 0.717) is 16.9 Å². The SMILES string of the molecule is CC(=O)c1cc(I)c(-c2cccc3ccccc23)c2c1OC(C)(C)OC2=O. The van der Waals surface area contributed by atoms with Crippen molar-refractivity contribution >= 4 is 45.1 Å². The zero-order valence-electron chi connectivity index (χ0n) is 15.1. The van der Waals surface area contributed by atoms with Gasteiger partial charge in [-0.15, -0.1) is 0 Å². The molecular formula is C22H17IO4. The van der Waals surface area contributed by atoms with Gasteiger partial charge in [-0.05, 0) is 51.9 Å². The Hall–Kier alpha value is -2.41. The molecule has 3 aromatic rings. The number of carbonyl (C=O) groups excluding carboxylic acids is 2. The fourth-order valence-corrected chi connectivity index (χ4v) is 4.31. The quantitative estimate of drug-likeness (QED) is 0.277. The molecule has 0 saturated heterocycles. The van der Waals surface area contributed by atoms with Crippen LogP contribution in [0.1, 0.15) is 41.5 Å². The van der Waals surface area contributed by atoms with Crippen LogP contribution in [0.25, 0.3) is 21.9 Å². The van der Waals surface area contributed by atoms with Gasteiger partial charge in [-0.1, -0.05) is 42.5 Å². The van der Waals surface area contributed by atoms with E-state index in [4.69, 9.17) is 9.47 Å². The van der Waals surface area contributed by atoms with E-state index < -0.39 is 11.8 Å². The molecule has 0 fully saturated rings. The lowest BCUT2D eigenvalue weighted by Crippen LogP contribution is -2.40. The van der Waals surface area contributed by atoms with Crippen molar-refractivity contribution in [1.29, 1.82) is 0 Å². The fraction of sp³-hybridized carbons (Fsp3) is 0.182. The lowest BCUT2D eigenvalue weighted by atomic mass is 9.91. The average Bonchev–Trinajstić information content (AvgIpc) is 2.60. The Bertz CT molecular complexity index is 1110. The minimum absolute atomic E-state index is 0.154. The molecule has 5 heteroatoms. The van der Waals surface area contributed by atoms with E-state index >= 15 is 0 Å². The third-order valence-corrected chi connectivity index (χ3v) is 5.41. The molecule has 0 amide bonds. The van der Waals surface area contributed by atoms with Crippen molar-refractivity contribution in [3.8, 4) is 16.9 Å². The lowest BCUT2D eigenvalue weighted by molar-refractivity contribution is -0.127. The first-order chi connectivity index (χ1) is 12.8. The second kappa shape index (κ2) is 6.34. The summed E-state index contributed by atoms with van der Waals surface area (Å²) in [5.74, 6) is -1.46. The number of cyclic esters (lactones) is 1. The van der Waals surface area contributed by atoms with Crippen LogP contribution >= 0.6 is 22.6 Å². The number of esters is 1. The number of halogens is 1. The Morgan fingerprint density at radius 1 is 1.00 bits per heavy atom. The van der Waals surface area contributed by atoms with Crippen LogP contribution in [0.4, 0.5) is 0 Å². The maximum absolute atomic E-state index is 12.9. The monoisotopic (exact) mass is 472 g/mol. The first-order valence-electron chi connectivity index (χ1n) is 8.56. The molecule has 1 heterocycles. The number of ether oxygens (including phenoxy) is 2. The van der Waals surface area contributed by atoms with Crippen LogP contribution < -0.4 is 4.74 Å². The zero-order valence-corrected chi connectivity index (χ0v) is 17.3. The maximum atomic E-state index is 12.9. The molecule has 0 unspecified atom stereocenters. The molecule has 0 bridgehead atoms. The second-order valence-electron chi connectivity index (χ2n) is 6.96. The normalized spacial score (nSPS) is 15.0. The van der Waals surface area contributed by atoms with Gasteiger partial charge in [0.25, 0.3) is 0 Å². The van der Waals surface area contributed by atoms with Gasteiger partial charge in [-0.3, -0.25) is 4.79 Å². The molecule has 3 aromatic carbocycles. The third kappa shape index (κ3) is 3.00. The topological polar surface area (TPSA) is 52.6 Å². The highest BCUT2D eigenvalue weighted by molar-refractivity contribution is 14.1. The molecule has 0 aromatic heterocycles. The van der Waals surface area contributed by atoms with Crippen molar-refractivity contribution in [2.45, 2.75) is 26.6 Å². The predicted molar refractivity (Wildman–Crippen MR) is 112 cm³/mol.